The van der Waals surface area contributed by atoms with Crippen molar-refractivity contribution in [3.05, 3.63) is 68.7 Å². The van der Waals surface area contributed by atoms with E-state index in [1.54, 1.807) is 12.1 Å². The number of ketones is 1. The van der Waals surface area contributed by atoms with E-state index in [4.69, 9.17) is 11.6 Å². The molecule has 3 heteroatoms. The second-order valence-electron chi connectivity index (χ2n) is 4.21. The minimum absolute atomic E-state index is 0.101. The maximum atomic E-state index is 12.2. The van der Waals surface area contributed by atoms with Crippen molar-refractivity contribution in [2.75, 3.05) is 0 Å². The molecular formula is C15H12BrClO. The molecule has 2 aromatic carbocycles. The number of carbonyl (C=O) groups excluding carboxylic acids is 1. The molecule has 0 atom stereocenters. The van der Waals surface area contributed by atoms with E-state index >= 15 is 0 Å². The normalized spacial score (nSPS) is 10.4. The van der Waals surface area contributed by atoms with Crippen LogP contribution in [-0.4, -0.2) is 5.78 Å². The van der Waals surface area contributed by atoms with Crippen LogP contribution in [0.15, 0.2) is 46.9 Å². The van der Waals surface area contributed by atoms with Gasteiger partial charge in [-0.3, -0.25) is 4.79 Å². The Morgan fingerprint density at radius 2 is 1.83 bits per heavy atom. The van der Waals surface area contributed by atoms with Crippen LogP contribution >= 0.6 is 27.5 Å². The fraction of sp³-hybridized carbons (Fsp3) is 0.133. The zero-order valence-corrected chi connectivity index (χ0v) is 12.3. The van der Waals surface area contributed by atoms with Gasteiger partial charge < -0.3 is 0 Å². The Morgan fingerprint density at radius 3 is 2.44 bits per heavy atom. The topological polar surface area (TPSA) is 17.1 Å². The molecule has 0 aliphatic carbocycles. The summed E-state index contributed by atoms with van der Waals surface area (Å²) >= 11 is 9.25. The number of carbonyl (C=O) groups is 1. The van der Waals surface area contributed by atoms with Gasteiger partial charge in [0.15, 0.2) is 5.78 Å². The van der Waals surface area contributed by atoms with E-state index in [2.05, 4.69) is 15.9 Å². The predicted octanol–water partition coefficient (Wildman–Crippen LogP) is 4.84. The molecular weight excluding hydrogens is 312 g/mol. The highest BCUT2D eigenvalue weighted by Gasteiger charge is 2.10. The molecule has 18 heavy (non-hydrogen) atoms. The number of rotatable bonds is 3. The summed E-state index contributed by atoms with van der Waals surface area (Å²) in [7, 11) is 0. The van der Waals surface area contributed by atoms with Gasteiger partial charge in [0.1, 0.15) is 0 Å². The van der Waals surface area contributed by atoms with Gasteiger partial charge in [0.2, 0.25) is 0 Å². The average Bonchev–Trinajstić information content (AvgIpc) is 2.32. The van der Waals surface area contributed by atoms with Crippen molar-refractivity contribution in [3.8, 4) is 0 Å². The van der Waals surface area contributed by atoms with Crippen LogP contribution in [0, 0.1) is 6.92 Å². The Hall–Kier alpha value is -1.12. The summed E-state index contributed by atoms with van der Waals surface area (Å²) in [5.74, 6) is 0.101. The number of Topliss-reactive ketones (excluding diaryl/α,β-unsaturated/α-hetero) is 1. The number of benzene rings is 2. The molecule has 2 aromatic rings. The first-order valence-corrected chi connectivity index (χ1v) is 6.77. The van der Waals surface area contributed by atoms with Crippen molar-refractivity contribution >= 4 is 33.3 Å². The molecule has 0 radical (unpaired) electrons. The molecule has 0 bridgehead atoms. The molecule has 0 saturated heterocycles. The van der Waals surface area contributed by atoms with Crippen LogP contribution in [0.25, 0.3) is 0 Å². The lowest BCUT2D eigenvalue weighted by Gasteiger charge is -2.05. The molecule has 92 valence electrons. The second kappa shape index (κ2) is 5.68. The van der Waals surface area contributed by atoms with Crippen molar-refractivity contribution in [3.63, 3.8) is 0 Å². The first-order valence-electron chi connectivity index (χ1n) is 5.60. The third-order valence-corrected chi connectivity index (χ3v) is 3.61. The maximum Gasteiger partial charge on any atom is 0.168 e. The third kappa shape index (κ3) is 3.21. The highest BCUT2D eigenvalue weighted by atomic mass is 79.9. The number of hydrogen-bond acceptors (Lipinski definition) is 1. The van der Waals surface area contributed by atoms with E-state index in [0.717, 1.165) is 21.2 Å². The molecule has 0 saturated carbocycles. The summed E-state index contributed by atoms with van der Waals surface area (Å²) in [4.78, 5) is 12.2. The molecule has 0 N–H and O–H groups in total. The van der Waals surface area contributed by atoms with E-state index in [9.17, 15) is 4.79 Å². The molecule has 0 unspecified atom stereocenters. The van der Waals surface area contributed by atoms with Crippen LogP contribution in [0.3, 0.4) is 0 Å². The highest BCUT2D eigenvalue weighted by Crippen LogP contribution is 2.20. The SMILES string of the molecule is Cc1ccc(C(=O)Cc2ccc(Cl)cc2)c(Br)c1. The minimum Gasteiger partial charge on any atom is -0.294 e. The van der Waals surface area contributed by atoms with Crippen molar-refractivity contribution < 1.29 is 4.79 Å². The zero-order valence-electron chi connectivity index (χ0n) is 9.91. The van der Waals surface area contributed by atoms with Crippen LogP contribution in [0.1, 0.15) is 21.5 Å². The van der Waals surface area contributed by atoms with E-state index in [1.807, 2.05) is 37.3 Å². The largest absolute Gasteiger partial charge is 0.294 e. The Bertz CT molecular complexity index is 576. The fourth-order valence-electron chi connectivity index (χ4n) is 1.73. The van der Waals surface area contributed by atoms with Gasteiger partial charge in [0, 0.05) is 21.5 Å². The smallest absolute Gasteiger partial charge is 0.168 e. The Morgan fingerprint density at radius 1 is 1.17 bits per heavy atom. The summed E-state index contributed by atoms with van der Waals surface area (Å²) in [6, 6.07) is 13.1. The molecule has 0 aliphatic rings. The van der Waals surface area contributed by atoms with Gasteiger partial charge in [0.25, 0.3) is 0 Å². The van der Waals surface area contributed by atoms with Crippen LogP contribution in [0.4, 0.5) is 0 Å². The van der Waals surface area contributed by atoms with Gasteiger partial charge in [0.05, 0.1) is 0 Å². The van der Waals surface area contributed by atoms with Crippen LogP contribution in [0.5, 0.6) is 0 Å². The van der Waals surface area contributed by atoms with Crippen molar-refractivity contribution in [2.45, 2.75) is 13.3 Å². The maximum absolute atomic E-state index is 12.2. The molecule has 2 rings (SSSR count). The molecule has 0 fully saturated rings. The summed E-state index contributed by atoms with van der Waals surface area (Å²) in [5.41, 5.74) is 2.82. The number of halogens is 2. The molecule has 0 heterocycles. The Kier molecular flexibility index (Phi) is 4.20. The van der Waals surface area contributed by atoms with Crippen LogP contribution in [0.2, 0.25) is 5.02 Å². The summed E-state index contributed by atoms with van der Waals surface area (Å²) in [6.45, 7) is 2.00. The van der Waals surface area contributed by atoms with E-state index in [0.29, 0.717) is 11.4 Å². The van der Waals surface area contributed by atoms with Gasteiger partial charge in [-0.2, -0.15) is 0 Å². The Balaban J connectivity index is 2.19. The second-order valence-corrected chi connectivity index (χ2v) is 5.50. The molecule has 0 spiro atoms. The van der Waals surface area contributed by atoms with E-state index in [-0.39, 0.29) is 5.78 Å². The highest BCUT2D eigenvalue weighted by molar-refractivity contribution is 9.10. The molecule has 0 amide bonds. The number of hydrogen-bond donors (Lipinski definition) is 0. The summed E-state index contributed by atoms with van der Waals surface area (Å²) in [5, 5.41) is 0.683. The predicted molar refractivity (Wildman–Crippen MR) is 78.4 cm³/mol. The van der Waals surface area contributed by atoms with Crippen LogP contribution in [-0.2, 0) is 6.42 Å². The van der Waals surface area contributed by atoms with E-state index < -0.39 is 0 Å². The Labute approximate surface area is 120 Å². The minimum atomic E-state index is 0.101. The zero-order chi connectivity index (χ0) is 13.1. The molecule has 1 nitrogen and oxygen atoms in total. The van der Waals surface area contributed by atoms with Crippen molar-refractivity contribution in [1.82, 2.24) is 0 Å². The molecule has 0 aliphatic heterocycles. The lowest BCUT2D eigenvalue weighted by Crippen LogP contribution is -2.04. The lowest BCUT2D eigenvalue weighted by atomic mass is 10.0. The average molecular weight is 324 g/mol. The monoisotopic (exact) mass is 322 g/mol. The van der Waals surface area contributed by atoms with E-state index in [1.165, 1.54) is 0 Å². The van der Waals surface area contributed by atoms with Crippen molar-refractivity contribution in [1.29, 1.82) is 0 Å². The summed E-state index contributed by atoms with van der Waals surface area (Å²) in [6.07, 6.45) is 0.388. The summed E-state index contributed by atoms with van der Waals surface area (Å²) < 4.78 is 0.849. The van der Waals surface area contributed by atoms with Gasteiger partial charge in [-0.05, 0) is 42.3 Å². The lowest BCUT2D eigenvalue weighted by molar-refractivity contribution is 0.0992. The van der Waals surface area contributed by atoms with Gasteiger partial charge in [-0.15, -0.1) is 0 Å². The molecule has 0 aromatic heterocycles. The standard InChI is InChI=1S/C15H12BrClO/c1-10-2-7-13(14(16)8-10)15(18)9-11-3-5-12(17)6-4-11/h2-8H,9H2,1H3. The van der Waals surface area contributed by atoms with Crippen molar-refractivity contribution in [2.24, 2.45) is 0 Å². The van der Waals surface area contributed by atoms with Gasteiger partial charge in [-0.1, -0.05) is 45.7 Å². The van der Waals surface area contributed by atoms with Crippen LogP contribution < -0.4 is 0 Å². The third-order valence-electron chi connectivity index (χ3n) is 2.70. The fourth-order valence-corrected chi connectivity index (χ4v) is 2.57. The first-order chi connectivity index (χ1) is 8.56. The van der Waals surface area contributed by atoms with Gasteiger partial charge >= 0.3 is 0 Å². The van der Waals surface area contributed by atoms with Gasteiger partial charge in [-0.25, -0.2) is 0 Å². The quantitative estimate of drug-likeness (QED) is 0.739. The number of aryl methyl sites for hydroxylation is 1. The first kappa shape index (κ1) is 13.3.